The van der Waals surface area contributed by atoms with E-state index in [1.165, 1.54) is 11.3 Å². The maximum absolute atomic E-state index is 12.5. The van der Waals surface area contributed by atoms with Gasteiger partial charge in [-0.3, -0.25) is 15.1 Å². The molecule has 0 bridgehead atoms. The number of thiazole rings is 1. The zero-order valence-electron chi connectivity index (χ0n) is 14.6. The lowest BCUT2D eigenvalue weighted by molar-refractivity contribution is 0.102. The molecule has 0 fully saturated rings. The highest BCUT2D eigenvalue weighted by atomic mass is 32.1. The Balaban J connectivity index is 1.62. The molecule has 0 aliphatic carbocycles. The van der Waals surface area contributed by atoms with Gasteiger partial charge in [0.2, 0.25) is 0 Å². The Hall–Kier alpha value is -2.73. The highest BCUT2D eigenvalue weighted by Gasteiger charge is 2.11. The van der Waals surface area contributed by atoms with Crippen LogP contribution >= 0.6 is 11.3 Å². The van der Waals surface area contributed by atoms with Gasteiger partial charge in [-0.15, -0.1) is 11.3 Å². The largest absolute Gasteiger partial charge is 0.494 e. The topological polar surface area (TPSA) is 64.1 Å². The van der Waals surface area contributed by atoms with E-state index in [-0.39, 0.29) is 5.91 Å². The maximum Gasteiger partial charge on any atom is 0.257 e. The third-order valence-corrected chi connectivity index (χ3v) is 4.55. The van der Waals surface area contributed by atoms with Gasteiger partial charge in [-0.05, 0) is 36.8 Å². The number of benzene rings is 1. The van der Waals surface area contributed by atoms with Crippen molar-refractivity contribution in [3.63, 3.8) is 0 Å². The first kappa shape index (κ1) is 18.1. The second kappa shape index (κ2) is 9.10. The highest BCUT2D eigenvalue weighted by molar-refractivity contribution is 7.14. The molecule has 2 aromatic heterocycles. The molecule has 1 amide bonds. The number of unbranched alkanes of at least 4 members (excludes halogenated alkanes) is 2. The third-order valence-electron chi connectivity index (χ3n) is 3.79. The molecule has 1 N–H and O–H groups in total. The third kappa shape index (κ3) is 4.89. The lowest BCUT2D eigenvalue weighted by Crippen LogP contribution is -2.11. The van der Waals surface area contributed by atoms with Gasteiger partial charge in [-0.2, -0.15) is 0 Å². The molecule has 0 atom stereocenters. The van der Waals surface area contributed by atoms with Gasteiger partial charge >= 0.3 is 0 Å². The number of anilines is 1. The number of hydrogen-bond acceptors (Lipinski definition) is 5. The number of carbonyl (C=O) groups is 1. The summed E-state index contributed by atoms with van der Waals surface area (Å²) < 4.78 is 5.71. The summed E-state index contributed by atoms with van der Waals surface area (Å²) in [6.45, 7) is 2.82. The van der Waals surface area contributed by atoms with E-state index in [1.807, 2.05) is 29.6 Å². The molecule has 0 radical (unpaired) electrons. The number of nitrogens with one attached hydrogen (secondary N) is 1. The standard InChI is InChI=1S/C20H21N3O2S/c1-2-3-4-11-25-17-9-5-7-15(12-17)19(24)23-20-22-18(14-26-20)16-8-6-10-21-13-16/h5-10,12-14H,2-4,11H2,1H3,(H,22,23,24). The van der Waals surface area contributed by atoms with Gasteiger partial charge in [-0.25, -0.2) is 4.98 Å². The van der Waals surface area contributed by atoms with E-state index in [4.69, 9.17) is 4.74 Å². The van der Waals surface area contributed by atoms with Gasteiger partial charge in [0.05, 0.1) is 12.3 Å². The first-order chi connectivity index (χ1) is 12.8. The van der Waals surface area contributed by atoms with Crippen molar-refractivity contribution in [2.75, 3.05) is 11.9 Å². The van der Waals surface area contributed by atoms with E-state index in [2.05, 4.69) is 22.2 Å². The minimum atomic E-state index is -0.198. The SMILES string of the molecule is CCCCCOc1cccc(C(=O)Nc2nc(-c3cccnc3)cs2)c1. The van der Waals surface area contributed by atoms with Crippen LogP contribution in [0.4, 0.5) is 5.13 Å². The van der Waals surface area contributed by atoms with Crippen molar-refractivity contribution in [3.05, 3.63) is 59.7 Å². The number of rotatable bonds is 8. The molecular weight excluding hydrogens is 346 g/mol. The van der Waals surface area contributed by atoms with Crippen LogP contribution < -0.4 is 10.1 Å². The number of aromatic nitrogens is 2. The number of hydrogen-bond donors (Lipinski definition) is 1. The molecule has 0 saturated carbocycles. The van der Waals surface area contributed by atoms with Crippen molar-refractivity contribution < 1.29 is 9.53 Å². The Morgan fingerprint density at radius 3 is 2.96 bits per heavy atom. The molecule has 0 unspecified atom stereocenters. The van der Waals surface area contributed by atoms with E-state index in [0.29, 0.717) is 23.1 Å². The molecule has 2 heterocycles. The number of amides is 1. The predicted molar refractivity (Wildman–Crippen MR) is 105 cm³/mol. The zero-order chi connectivity index (χ0) is 18.2. The Kier molecular flexibility index (Phi) is 6.33. The van der Waals surface area contributed by atoms with E-state index in [1.54, 1.807) is 24.5 Å². The van der Waals surface area contributed by atoms with E-state index in [9.17, 15) is 4.79 Å². The summed E-state index contributed by atoms with van der Waals surface area (Å²) in [5, 5.41) is 5.31. The van der Waals surface area contributed by atoms with Crippen LogP contribution in [0.5, 0.6) is 5.75 Å². The van der Waals surface area contributed by atoms with Crippen molar-refractivity contribution in [1.29, 1.82) is 0 Å². The molecular formula is C20H21N3O2S. The molecule has 26 heavy (non-hydrogen) atoms. The van der Waals surface area contributed by atoms with E-state index < -0.39 is 0 Å². The van der Waals surface area contributed by atoms with Crippen molar-refractivity contribution in [1.82, 2.24) is 9.97 Å². The van der Waals surface area contributed by atoms with Gasteiger partial charge in [0, 0.05) is 28.9 Å². The monoisotopic (exact) mass is 367 g/mol. The van der Waals surface area contributed by atoms with E-state index >= 15 is 0 Å². The van der Waals surface area contributed by atoms with Crippen molar-refractivity contribution >= 4 is 22.4 Å². The Morgan fingerprint density at radius 2 is 2.15 bits per heavy atom. The van der Waals surface area contributed by atoms with Gasteiger partial charge in [0.15, 0.2) is 5.13 Å². The van der Waals surface area contributed by atoms with Crippen LogP contribution in [0.15, 0.2) is 54.2 Å². The summed E-state index contributed by atoms with van der Waals surface area (Å²) in [6, 6.07) is 11.0. The molecule has 0 spiro atoms. The Bertz CT molecular complexity index is 849. The smallest absolute Gasteiger partial charge is 0.257 e. The predicted octanol–water partition coefficient (Wildman–Crippen LogP) is 5.03. The number of ether oxygens (including phenoxy) is 1. The second-order valence-corrected chi connectivity index (χ2v) is 6.68. The lowest BCUT2D eigenvalue weighted by Gasteiger charge is -2.07. The van der Waals surface area contributed by atoms with E-state index in [0.717, 1.165) is 30.5 Å². The Morgan fingerprint density at radius 1 is 1.23 bits per heavy atom. The van der Waals surface area contributed by atoms with Gasteiger partial charge in [-0.1, -0.05) is 25.8 Å². The molecule has 3 rings (SSSR count). The van der Waals surface area contributed by atoms with Crippen molar-refractivity contribution in [2.24, 2.45) is 0 Å². The van der Waals surface area contributed by atoms with Crippen molar-refractivity contribution in [2.45, 2.75) is 26.2 Å². The summed E-state index contributed by atoms with van der Waals surface area (Å²) in [5.41, 5.74) is 2.27. The summed E-state index contributed by atoms with van der Waals surface area (Å²) in [6.07, 6.45) is 6.78. The minimum Gasteiger partial charge on any atom is -0.494 e. The molecule has 3 aromatic rings. The van der Waals surface area contributed by atoms with Crippen LogP contribution in [-0.2, 0) is 0 Å². The first-order valence-electron chi connectivity index (χ1n) is 8.66. The van der Waals surface area contributed by atoms with Crippen LogP contribution in [-0.4, -0.2) is 22.5 Å². The average molecular weight is 367 g/mol. The molecule has 134 valence electrons. The molecule has 1 aromatic carbocycles. The fourth-order valence-electron chi connectivity index (χ4n) is 2.42. The second-order valence-electron chi connectivity index (χ2n) is 5.82. The number of pyridine rings is 1. The summed E-state index contributed by atoms with van der Waals surface area (Å²) in [7, 11) is 0. The van der Waals surface area contributed by atoms with Gasteiger partial charge in [0.25, 0.3) is 5.91 Å². The fourth-order valence-corrected chi connectivity index (χ4v) is 3.13. The van der Waals surface area contributed by atoms with Crippen LogP contribution in [0.1, 0.15) is 36.5 Å². The molecule has 0 saturated heterocycles. The molecule has 6 heteroatoms. The normalized spacial score (nSPS) is 10.5. The first-order valence-corrected chi connectivity index (χ1v) is 9.54. The number of carbonyl (C=O) groups excluding carboxylic acids is 1. The van der Waals surface area contributed by atoms with Crippen LogP contribution in [0.25, 0.3) is 11.3 Å². The van der Waals surface area contributed by atoms with Crippen LogP contribution in [0.3, 0.4) is 0 Å². The Labute approximate surface area is 157 Å². The minimum absolute atomic E-state index is 0.198. The van der Waals surface area contributed by atoms with Crippen LogP contribution in [0.2, 0.25) is 0 Å². The quantitative estimate of drug-likeness (QED) is 0.567. The zero-order valence-corrected chi connectivity index (χ0v) is 15.5. The fraction of sp³-hybridized carbons (Fsp3) is 0.250. The average Bonchev–Trinajstić information content (AvgIpc) is 3.15. The molecule has 5 nitrogen and oxygen atoms in total. The summed E-state index contributed by atoms with van der Waals surface area (Å²) in [5.74, 6) is 0.514. The van der Waals surface area contributed by atoms with Crippen molar-refractivity contribution in [3.8, 4) is 17.0 Å². The van der Waals surface area contributed by atoms with Gasteiger partial charge < -0.3 is 4.74 Å². The summed E-state index contributed by atoms with van der Waals surface area (Å²) >= 11 is 1.39. The molecule has 0 aliphatic rings. The maximum atomic E-state index is 12.5. The highest BCUT2D eigenvalue weighted by Crippen LogP contribution is 2.24. The lowest BCUT2D eigenvalue weighted by atomic mass is 10.2. The molecule has 0 aliphatic heterocycles. The van der Waals surface area contributed by atoms with Gasteiger partial charge in [0.1, 0.15) is 5.75 Å². The summed E-state index contributed by atoms with van der Waals surface area (Å²) in [4.78, 5) is 21.0. The van der Waals surface area contributed by atoms with Crippen LogP contribution in [0, 0.1) is 0 Å². The number of nitrogens with zero attached hydrogens (tertiary/aromatic N) is 2.